The predicted molar refractivity (Wildman–Crippen MR) is 61.2 cm³/mol. The monoisotopic (exact) mass is 269 g/mol. The standard InChI is InChI=1S/C11H12BrNO2/c1-11(2)6-13-10(14)8-5-7(12)3-4-9(8)15-11/h3-5H,6H2,1-2H3,(H,13,14). The molecule has 4 heteroatoms. The molecule has 1 heterocycles. The minimum Gasteiger partial charge on any atom is -0.485 e. The number of hydrogen-bond acceptors (Lipinski definition) is 2. The Morgan fingerprint density at radius 1 is 1.47 bits per heavy atom. The van der Waals surface area contributed by atoms with Gasteiger partial charge in [0.15, 0.2) is 0 Å². The summed E-state index contributed by atoms with van der Waals surface area (Å²) in [5.74, 6) is 0.551. The second-order valence-corrected chi connectivity index (χ2v) is 5.10. The van der Waals surface area contributed by atoms with E-state index in [1.165, 1.54) is 0 Å². The highest BCUT2D eigenvalue weighted by atomic mass is 79.9. The van der Waals surface area contributed by atoms with Crippen molar-refractivity contribution in [3.63, 3.8) is 0 Å². The summed E-state index contributed by atoms with van der Waals surface area (Å²) in [6, 6.07) is 5.45. The number of halogens is 1. The van der Waals surface area contributed by atoms with Crippen molar-refractivity contribution in [2.45, 2.75) is 19.4 Å². The summed E-state index contributed by atoms with van der Waals surface area (Å²) < 4.78 is 6.64. The predicted octanol–water partition coefficient (Wildman–Crippen LogP) is 2.35. The van der Waals surface area contributed by atoms with E-state index in [4.69, 9.17) is 4.74 Å². The Morgan fingerprint density at radius 3 is 2.93 bits per heavy atom. The van der Waals surface area contributed by atoms with E-state index in [0.29, 0.717) is 17.9 Å². The van der Waals surface area contributed by atoms with E-state index in [-0.39, 0.29) is 11.5 Å². The highest BCUT2D eigenvalue weighted by Gasteiger charge is 2.27. The molecule has 1 aromatic rings. The lowest BCUT2D eigenvalue weighted by atomic mass is 10.1. The first-order chi connectivity index (χ1) is 6.98. The molecule has 1 aliphatic rings. The SMILES string of the molecule is CC1(C)CNC(=O)c2cc(Br)ccc2O1. The number of nitrogens with one attached hydrogen (secondary N) is 1. The van der Waals surface area contributed by atoms with Crippen molar-refractivity contribution in [3.8, 4) is 5.75 Å². The van der Waals surface area contributed by atoms with E-state index < -0.39 is 0 Å². The number of ether oxygens (including phenoxy) is 1. The van der Waals surface area contributed by atoms with Crippen molar-refractivity contribution in [2.75, 3.05) is 6.54 Å². The Bertz CT molecular complexity index is 415. The minimum absolute atomic E-state index is 0.0862. The molecular formula is C11H12BrNO2. The zero-order valence-corrected chi connectivity index (χ0v) is 10.2. The fourth-order valence-corrected chi connectivity index (χ4v) is 1.85. The van der Waals surface area contributed by atoms with Gasteiger partial charge >= 0.3 is 0 Å². The summed E-state index contributed by atoms with van der Waals surface area (Å²) in [5, 5.41) is 2.83. The molecule has 1 amide bonds. The molecular weight excluding hydrogens is 258 g/mol. The molecule has 0 saturated heterocycles. The topological polar surface area (TPSA) is 38.3 Å². The second-order valence-electron chi connectivity index (χ2n) is 4.18. The van der Waals surface area contributed by atoms with Crippen molar-refractivity contribution in [1.82, 2.24) is 5.32 Å². The summed E-state index contributed by atoms with van der Waals surface area (Å²) >= 11 is 3.34. The number of benzene rings is 1. The van der Waals surface area contributed by atoms with Gasteiger partial charge < -0.3 is 10.1 Å². The van der Waals surface area contributed by atoms with Crippen molar-refractivity contribution >= 4 is 21.8 Å². The van der Waals surface area contributed by atoms with Crippen LogP contribution < -0.4 is 10.1 Å². The number of fused-ring (bicyclic) bond motifs is 1. The number of rotatable bonds is 0. The molecule has 0 aromatic heterocycles. The van der Waals surface area contributed by atoms with Gasteiger partial charge in [-0.2, -0.15) is 0 Å². The lowest BCUT2D eigenvalue weighted by Crippen LogP contribution is -2.39. The Balaban J connectivity index is 2.49. The van der Waals surface area contributed by atoms with Gasteiger partial charge in [-0.1, -0.05) is 15.9 Å². The molecule has 0 radical (unpaired) electrons. The van der Waals surface area contributed by atoms with E-state index >= 15 is 0 Å². The fourth-order valence-electron chi connectivity index (χ4n) is 1.49. The molecule has 0 aliphatic carbocycles. The summed E-state index contributed by atoms with van der Waals surface area (Å²) in [6.07, 6.45) is 0. The van der Waals surface area contributed by atoms with Gasteiger partial charge in [0.25, 0.3) is 5.91 Å². The fraction of sp³-hybridized carbons (Fsp3) is 0.364. The highest BCUT2D eigenvalue weighted by molar-refractivity contribution is 9.10. The first-order valence-electron chi connectivity index (χ1n) is 4.75. The summed E-state index contributed by atoms with van der Waals surface area (Å²) in [6.45, 7) is 4.41. The average Bonchev–Trinajstić information content (AvgIpc) is 2.26. The van der Waals surface area contributed by atoms with Gasteiger partial charge in [0.2, 0.25) is 0 Å². The van der Waals surface area contributed by atoms with E-state index in [1.54, 1.807) is 6.07 Å². The van der Waals surface area contributed by atoms with Crippen LogP contribution in [0.15, 0.2) is 22.7 Å². The van der Waals surface area contributed by atoms with E-state index in [1.807, 2.05) is 26.0 Å². The maximum Gasteiger partial charge on any atom is 0.255 e. The summed E-state index contributed by atoms with van der Waals surface area (Å²) in [4.78, 5) is 11.7. The van der Waals surface area contributed by atoms with E-state index in [9.17, 15) is 4.79 Å². The van der Waals surface area contributed by atoms with Gasteiger partial charge in [-0.25, -0.2) is 0 Å². The van der Waals surface area contributed by atoms with Gasteiger partial charge in [-0.15, -0.1) is 0 Å². The minimum atomic E-state index is -0.366. The van der Waals surface area contributed by atoms with E-state index in [2.05, 4.69) is 21.2 Å². The zero-order chi connectivity index (χ0) is 11.1. The van der Waals surface area contributed by atoms with Crippen LogP contribution in [-0.2, 0) is 0 Å². The maximum atomic E-state index is 11.7. The third-order valence-electron chi connectivity index (χ3n) is 2.25. The molecule has 1 aromatic carbocycles. The maximum absolute atomic E-state index is 11.7. The van der Waals surface area contributed by atoms with Crippen LogP contribution in [-0.4, -0.2) is 18.1 Å². The summed E-state index contributed by atoms with van der Waals surface area (Å²) in [5.41, 5.74) is 0.212. The quantitative estimate of drug-likeness (QED) is 0.785. The second kappa shape index (κ2) is 3.52. The normalized spacial score (nSPS) is 18.5. The molecule has 3 nitrogen and oxygen atoms in total. The van der Waals surface area contributed by atoms with Crippen molar-refractivity contribution in [1.29, 1.82) is 0 Å². The molecule has 0 fully saturated rings. The van der Waals surface area contributed by atoms with Crippen LogP contribution in [0.3, 0.4) is 0 Å². The van der Waals surface area contributed by atoms with Crippen LogP contribution >= 0.6 is 15.9 Å². The molecule has 0 saturated carbocycles. The number of carbonyl (C=O) groups is 1. The third kappa shape index (κ3) is 2.15. The van der Waals surface area contributed by atoms with Crippen LogP contribution in [0.1, 0.15) is 24.2 Å². The molecule has 15 heavy (non-hydrogen) atoms. The molecule has 0 unspecified atom stereocenters. The van der Waals surface area contributed by atoms with Gasteiger partial charge in [0.05, 0.1) is 12.1 Å². The molecule has 1 N–H and O–H groups in total. The molecule has 1 aliphatic heterocycles. The van der Waals surface area contributed by atoms with Crippen LogP contribution in [0.25, 0.3) is 0 Å². The molecule has 0 spiro atoms. The van der Waals surface area contributed by atoms with Gasteiger partial charge in [-0.3, -0.25) is 4.79 Å². The van der Waals surface area contributed by atoms with Crippen molar-refractivity contribution < 1.29 is 9.53 Å². The molecule has 0 atom stereocenters. The Morgan fingerprint density at radius 2 is 2.20 bits per heavy atom. The largest absolute Gasteiger partial charge is 0.485 e. The highest BCUT2D eigenvalue weighted by Crippen LogP contribution is 2.28. The third-order valence-corrected chi connectivity index (χ3v) is 2.74. The lowest BCUT2D eigenvalue weighted by molar-refractivity contribution is 0.0907. The number of amides is 1. The average molecular weight is 270 g/mol. The smallest absolute Gasteiger partial charge is 0.255 e. The summed E-state index contributed by atoms with van der Waals surface area (Å²) in [7, 11) is 0. The van der Waals surface area contributed by atoms with Crippen LogP contribution in [0.4, 0.5) is 0 Å². The van der Waals surface area contributed by atoms with Gasteiger partial charge in [-0.05, 0) is 32.0 Å². The van der Waals surface area contributed by atoms with Crippen LogP contribution in [0, 0.1) is 0 Å². The molecule has 2 rings (SSSR count). The van der Waals surface area contributed by atoms with E-state index in [0.717, 1.165) is 4.47 Å². The van der Waals surface area contributed by atoms with Gasteiger partial charge in [0.1, 0.15) is 11.4 Å². The Labute approximate surface area is 96.9 Å². The first kappa shape index (κ1) is 10.5. The van der Waals surface area contributed by atoms with Crippen molar-refractivity contribution in [3.05, 3.63) is 28.2 Å². The van der Waals surface area contributed by atoms with Crippen LogP contribution in [0.2, 0.25) is 0 Å². The Kier molecular flexibility index (Phi) is 2.46. The molecule has 0 bridgehead atoms. The lowest BCUT2D eigenvalue weighted by Gasteiger charge is -2.23. The Hall–Kier alpha value is -1.03. The van der Waals surface area contributed by atoms with Crippen LogP contribution in [0.5, 0.6) is 5.75 Å². The number of hydrogen-bond donors (Lipinski definition) is 1. The molecule has 80 valence electrons. The number of carbonyl (C=O) groups excluding carboxylic acids is 1. The first-order valence-corrected chi connectivity index (χ1v) is 5.54. The zero-order valence-electron chi connectivity index (χ0n) is 8.63. The van der Waals surface area contributed by atoms with Gasteiger partial charge in [0, 0.05) is 4.47 Å². The van der Waals surface area contributed by atoms with Crippen molar-refractivity contribution in [2.24, 2.45) is 0 Å².